The van der Waals surface area contributed by atoms with E-state index < -0.39 is 34.0 Å². The third-order valence-electron chi connectivity index (χ3n) is 4.44. The first-order valence-corrected chi connectivity index (χ1v) is 8.93. The molecule has 2 aromatic rings. The smallest absolute Gasteiger partial charge is 0.375 e. The molecule has 0 radical (unpaired) electrons. The van der Waals surface area contributed by atoms with E-state index in [-0.39, 0.29) is 23.5 Å². The Morgan fingerprint density at radius 3 is 2.14 bits per heavy atom. The number of halogens is 3. The Bertz CT molecular complexity index is 930. The van der Waals surface area contributed by atoms with Crippen LogP contribution < -0.4 is 27.0 Å². The summed E-state index contributed by atoms with van der Waals surface area (Å²) in [4.78, 5) is 34.8. The van der Waals surface area contributed by atoms with E-state index in [4.69, 9.17) is 5.21 Å². The predicted molar refractivity (Wildman–Crippen MR) is 102 cm³/mol. The van der Waals surface area contributed by atoms with Gasteiger partial charge < -0.3 is 10.6 Å². The van der Waals surface area contributed by atoms with Crippen molar-refractivity contribution in [3.05, 3.63) is 50.3 Å². The summed E-state index contributed by atoms with van der Waals surface area (Å²) in [5, 5.41) is 14.2. The van der Waals surface area contributed by atoms with Crippen LogP contribution in [0.2, 0.25) is 0 Å². The van der Waals surface area contributed by atoms with Crippen LogP contribution in [0.15, 0.2) is 33.9 Å². The number of carbonyl (C=O) groups excluding carboxylic acids is 1. The molecular weight excluding hydrogens is 391 g/mol. The number of rotatable bonds is 9. The molecule has 0 aliphatic heterocycles. The van der Waals surface area contributed by atoms with Gasteiger partial charge in [0.1, 0.15) is 11.4 Å². The second-order valence-electron chi connectivity index (χ2n) is 7.36. The fraction of sp³-hybridized carbons (Fsp3) is 0.421. The molecule has 0 fully saturated rings. The van der Waals surface area contributed by atoms with E-state index in [1.54, 1.807) is 5.48 Å². The molecule has 158 valence electrons. The largest absolute Gasteiger partial charge is 0.416 e. The van der Waals surface area contributed by atoms with Crippen molar-refractivity contribution in [1.82, 2.24) is 5.48 Å². The summed E-state index contributed by atoms with van der Waals surface area (Å²) < 4.78 is 37.9. The van der Waals surface area contributed by atoms with Gasteiger partial charge in [0, 0.05) is 17.6 Å². The van der Waals surface area contributed by atoms with Crippen molar-refractivity contribution in [2.45, 2.75) is 51.2 Å². The van der Waals surface area contributed by atoms with E-state index >= 15 is 0 Å². The Labute approximate surface area is 164 Å². The molecule has 0 aliphatic carbocycles. The lowest BCUT2D eigenvalue weighted by Gasteiger charge is -2.29. The lowest BCUT2D eigenvalue weighted by atomic mass is 9.95. The molecular formula is C19H22F3N3O4. The Morgan fingerprint density at radius 1 is 1.00 bits per heavy atom. The van der Waals surface area contributed by atoms with Crippen LogP contribution in [0.5, 0.6) is 0 Å². The lowest BCUT2D eigenvalue weighted by molar-refractivity contribution is -0.137. The number of unbranched alkanes of at least 4 members (excludes halogenated alkanes) is 1. The van der Waals surface area contributed by atoms with E-state index in [9.17, 15) is 27.6 Å². The maximum atomic E-state index is 12.6. The van der Waals surface area contributed by atoms with Crippen LogP contribution in [0.3, 0.4) is 0 Å². The average molecular weight is 413 g/mol. The average Bonchev–Trinajstić information content (AvgIpc) is 2.67. The maximum Gasteiger partial charge on any atom is 0.416 e. The van der Waals surface area contributed by atoms with Gasteiger partial charge in [0.2, 0.25) is 5.91 Å². The number of benzene rings is 1. The first kappa shape index (κ1) is 22.4. The Hall–Kier alpha value is -2.88. The molecule has 0 atom stereocenters. The molecule has 7 nitrogen and oxygen atoms in total. The Morgan fingerprint density at radius 2 is 1.59 bits per heavy atom. The normalized spacial score (nSPS) is 12.1. The number of amides is 1. The second kappa shape index (κ2) is 8.64. The molecule has 2 aromatic carbocycles. The number of alkyl halides is 3. The summed E-state index contributed by atoms with van der Waals surface area (Å²) in [6.45, 7) is 3.63. The van der Waals surface area contributed by atoms with Crippen LogP contribution in [0.25, 0.3) is 0 Å². The van der Waals surface area contributed by atoms with Crippen molar-refractivity contribution in [2.24, 2.45) is 0 Å². The summed E-state index contributed by atoms with van der Waals surface area (Å²) >= 11 is 0. The fourth-order valence-corrected chi connectivity index (χ4v) is 2.83. The van der Waals surface area contributed by atoms with Crippen LogP contribution >= 0.6 is 0 Å². The summed E-state index contributed by atoms with van der Waals surface area (Å²) in [5.74, 6) is -0.485. The van der Waals surface area contributed by atoms with Crippen molar-refractivity contribution in [2.75, 3.05) is 10.6 Å². The monoisotopic (exact) mass is 413 g/mol. The predicted octanol–water partition coefficient (Wildman–Crippen LogP) is 3.30. The van der Waals surface area contributed by atoms with Crippen molar-refractivity contribution in [1.29, 1.82) is 0 Å². The van der Waals surface area contributed by atoms with E-state index in [2.05, 4.69) is 10.6 Å². The van der Waals surface area contributed by atoms with Gasteiger partial charge in [-0.05, 0) is 51.0 Å². The molecule has 0 unspecified atom stereocenters. The Balaban J connectivity index is 2.03. The number of anilines is 3. The first-order valence-electron chi connectivity index (χ1n) is 8.93. The number of hydrogen-bond acceptors (Lipinski definition) is 6. The van der Waals surface area contributed by atoms with E-state index in [1.165, 1.54) is 12.1 Å². The van der Waals surface area contributed by atoms with Crippen molar-refractivity contribution >= 4 is 23.0 Å². The number of nitrogens with one attached hydrogen (secondary N) is 3. The minimum absolute atomic E-state index is 0.00231. The fourth-order valence-electron chi connectivity index (χ4n) is 2.83. The highest BCUT2D eigenvalue weighted by molar-refractivity contribution is 5.79. The second-order valence-corrected chi connectivity index (χ2v) is 7.36. The van der Waals surface area contributed by atoms with Gasteiger partial charge in [-0.3, -0.25) is 19.6 Å². The standard InChI is InChI=1S/C19H22F3N3O4/c1-18(2,10-4-3-5-13(26)25-29)24-15-14(16(27)17(15)28)23-12-8-6-11(7-9-12)19(20,21)22/h6-9,23-24,29H,3-5,10H2,1-2H3,(H,25,26). The Kier molecular flexibility index (Phi) is 6.68. The van der Waals surface area contributed by atoms with Crippen LogP contribution in [0.1, 0.15) is 45.1 Å². The molecule has 0 heterocycles. The zero-order valence-corrected chi connectivity index (χ0v) is 15.9. The minimum atomic E-state index is -4.46. The van der Waals surface area contributed by atoms with Crippen molar-refractivity contribution in [3.63, 3.8) is 0 Å². The number of hydrogen-bond donors (Lipinski definition) is 4. The highest BCUT2D eigenvalue weighted by Gasteiger charge is 2.30. The molecule has 0 bridgehead atoms. The molecule has 0 saturated heterocycles. The van der Waals surface area contributed by atoms with E-state index in [0.29, 0.717) is 19.3 Å². The number of hydroxylamine groups is 1. The molecule has 0 aliphatic rings. The summed E-state index contributed by atoms with van der Waals surface area (Å²) in [6.07, 6.45) is -2.57. The zero-order valence-electron chi connectivity index (χ0n) is 15.9. The van der Waals surface area contributed by atoms with Gasteiger partial charge in [-0.2, -0.15) is 13.2 Å². The quantitative estimate of drug-likeness (QED) is 0.217. The van der Waals surface area contributed by atoms with E-state index in [1.807, 2.05) is 13.8 Å². The lowest BCUT2D eigenvalue weighted by Crippen LogP contribution is -2.42. The van der Waals surface area contributed by atoms with Gasteiger partial charge in [0.05, 0.1) is 5.56 Å². The van der Waals surface area contributed by atoms with Crippen molar-refractivity contribution < 1.29 is 23.2 Å². The molecule has 0 saturated carbocycles. The minimum Gasteiger partial charge on any atom is -0.375 e. The van der Waals surface area contributed by atoms with Crippen LogP contribution in [-0.4, -0.2) is 16.7 Å². The summed E-state index contributed by atoms with van der Waals surface area (Å²) in [5.41, 5.74) is -0.962. The van der Waals surface area contributed by atoms with Gasteiger partial charge in [0.25, 0.3) is 10.9 Å². The summed E-state index contributed by atoms with van der Waals surface area (Å²) in [6, 6.07) is 4.13. The van der Waals surface area contributed by atoms with Crippen LogP contribution in [0, 0.1) is 0 Å². The molecule has 2 rings (SSSR count). The van der Waals surface area contributed by atoms with Gasteiger partial charge in [-0.1, -0.05) is 6.42 Å². The first-order chi connectivity index (χ1) is 13.4. The molecule has 4 N–H and O–H groups in total. The van der Waals surface area contributed by atoms with Gasteiger partial charge >= 0.3 is 6.18 Å². The highest BCUT2D eigenvalue weighted by Crippen LogP contribution is 2.31. The molecule has 0 aromatic heterocycles. The van der Waals surface area contributed by atoms with Gasteiger partial charge in [-0.15, -0.1) is 0 Å². The molecule has 10 heteroatoms. The van der Waals surface area contributed by atoms with E-state index in [0.717, 1.165) is 12.1 Å². The van der Waals surface area contributed by atoms with Crippen LogP contribution in [-0.2, 0) is 11.0 Å². The number of carbonyl (C=O) groups is 1. The molecule has 1 amide bonds. The zero-order chi connectivity index (χ0) is 21.8. The summed E-state index contributed by atoms with van der Waals surface area (Å²) in [7, 11) is 0. The van der Waals surface area contributed by atoms with Gasteiger partial charge in [0.15, 0.2) is 0 Å². The third kappa shape index (κ3) is 5.80. The highest BCUT2D eigenvalue weighted by atomic mass is 19.4. The molecule has 29 heavy (non-hydrogen) atoms. The topological polar surface area (TPSA) is 108 Å². The third-order valence-corrected chi connectivity index (χ3v) is 4.44. The van der Waals surface area contributed by atoms with Gasteiger partial charge in [-0.25, -0.2) is 5.48 Å². The maximum absolute atomic E-state index is 12.6. The SMILES string of the molecule is CC(C)(CCCCC(=O)NO)Nc1c(Nc2ccc(C(F)(F)F)cc2)c(=O)c1=O. The van der Waals surface area contributed by atoms with Crippen molar-refractivity contribution in [3.8, 4) is 0 Å². The van der Waals surface area contributed by atoms with Crippen LogP contribution in [0.4, 0.5) is 30.2 Å². The molecule has 0 spiro atoms.